The van der Waals surface area contributed by atoms with Crippen LogP contribution < -0.4 is 15.4 Å². The van der Waals surface area contributed by atoms with Gasteiger partial charge in [0.1, 0.15) is 0 Å². The molecule has 0 saturated carbocycles. The average molecular weight is 266 g/mol. The van der Waals surface area contributed by atoms with Crippen LogP contribution in [0, 0.1) is 13.8 Å². The second-order valence-electron chi connectivity index (χ2n) is 4.04. The Morgan fingerprint density at radius 1 is 1.32 bits per heavy atom. The van der Waals surface area contributed by atoms with Crippen LogP contribution in [0.15, 0.2) is 6.07 Å². The summed E-state index contributed by atoms with van der Waals surface area (Å²) in [5, 5.41) is 12.3. The minimum atomic E-state index is -0.534. The van der Waals surface area contributed by atoms with Gasteiger partial charge in [-0.05, 0) is 25.8 Å². The van der Waals surface area contributed by atoms with Gasteiger partial charge in [-0.15, -0.1) is 5.10 Å². The number of nitrogens with one attached hydrogen (secondary N) is 2. The fourth-order valence-electron chi connectivity index (χ4n) is 1.18. The van der Waals surface area contributed by atoms with Gasteiger partial charge in [-0.2, -0.15) is 5.10 Å². The first-order chi connectivity index (χ1) is 9.02. The Balaban J connectivity index is 2.37. The summed E-state index contributed by atoms with van der Waals surface area (Å²) in [5.41, 5.74) is 1.72. The smallest absolute Gasteiger partial charge is 0.321 e. The topological polar surface area (TPSA) is 93.2 Å². The number of aryl methyl sites for hydroxylation is 2. The van der Waals surface area contributed by atoms with Gasteiger partial charge in [-0.25, -0.2) is 4.79 Å². The summed E-state index contributed by atoms with van der Waals surface area (Å²) >= 11 is 0. The number of hydrogen-bond donors (Lipinski definition) is 2. The summed E-state index contributed by atoms with van der Waals surface area (Å²) < 4.78 is 5.14. The zero-order chi connectivity index (χ0) is 14.3. The number of nitrogens with zero attached hydrogens (tertiary/aromatic N) is 2. The second-order valence-corrected chi connectivity index (χ2v) is 4.04. The molecule has 0 aliphatic heterocycles. The Bertz CT molecular complexity index is 462. The maximum Gasteiger partial charge on any atom is 0.321 e. The number of amides is 3. The third-order valence-corrected chi connectivity index (χ3v) is 2.35. The van der Waals surface area contributed by atoms with E-state index < -0.39 is 11.9 Å². The third-order valence-electron chi connectivity index (χ3n) is 2.35. The van der Waals surface area contributed by atoms with E-state index in [-0.39, 0.29) is 12.5 Å². The van der Waals surface area contributed by atoms with Crippen LogP contribution in [-0.2, 0) is 4.79 Å². The molecule has 0 fully saturated rings. The molecule has 1 rings (SSSR count). The van der Waals surface area contributed by atoms with Crippen LogP contribution in [0.2, 0.25) is 0 Å². The summed E-state index contributed by atoms with van der Waals surface area (Å²) in [6, 6.07) is 1.16. The molecule has 0 bridgehead atoms. The number of hydrogen-bond acceptors (Lipinski definition) is 5. The molecule has 3 amide bonds. The molecule has 0 unspecified atom stereocenters. The Morgan fingerprint density at radius 2 is 2.05 bits per heavy atom. The zero-order valence-corrected chi connectivity index (χ0v) is 11.3. The molecule has 1 aromatic heterocycles. The Hall–Kier alpha value is -2.18. The van der Waals surface area contributed by atoms with Crippen molar-refractivity contribution in [3.05, 3.63) is 17.3 Å². The zero-order valence-electron chi connectivity index (χ0n) is 11.3. The molecular formula is C12H18N4O3. The lowest BCUT2D eigenvalue weighted by Crippen LogP contribution is -2.41. The third kappa shape index (κ3) is 5.33. The Morgan fingerprint density at radius 3 is 2.68 bits per heavy atom. The van der Waals surface area contributed by atoms with Crippen LogP contribution in [0.25, 0.3) is 0 Å². The molecule has 0 saturated heterocycles. The molecule has 1 aromatic rings. The predicted octanol–water partition coefficient (Wildman–Crippen LogP) is 0.708. The Labute approximate surface area is 111 Å². The van der Waals surface area contributed by atoms with Crippen LogP contribution in [-0.4, -0.2) is 35.3 Å². The van der Waals surface area contributed by atoms with Gasteiger partial charge in [0.25, 0.3) is 5.91 Å². The van der Waals surface area contributed by atoms with Crippen LogP contribution in [0.5, 0.6) is 5.88 Å². The Kier molecular flexibility index (Phi) is 5.72. The largest absolute Gasteiger partial charge is 0.466 e. The van der Waals surface area contributed by atoms with Crippen molar-refractivity contribution in [3.8, 4) is 5.88 Å². The van der Waals surface area contributed by atoms with Crippen LogP contribution in [0.1, 0.15) is 24.6 Å². The van der Waals surface area contributed by atoms with Gasteiger partial charge in [0.05, 0.1) is 5.69 Å². The van der Waals surface area contributed by atoms with Crippen molar-refractivity contribution in [3.63, 3.8) is 0 Å². The number of ether oxygens (including phenoxy) is 1. The van der Waals surface area contributed by atoms with Gasteiger partial charge in [0.15, 0.2) is 6.61 Å². The molecule has 0 aliphatic rings. The van der Waals surface area contributed by atoms with E-state index in [4.69, 9.17) is 4.74 Å². The van der Waals surface area contributed by atoms with Crippen molar-refractivity contribution in [2.24, 2.45) is 0 Å². The summed E-state index contributed by atoms with van der Waals surface area (Å²) in [5.74, 6) is -0.277. The first kappa shape index (κ1) is 14.9. The average Bonchev–Trinajstić information content (AvgIpc) is 2.38. The normalized spacial score (nSPS) is 9.84. The van der Waals surface area contributed by atoms with Crippen molar-refractivity contribution >= 4 is 11.9 Å². The van der Waals surface area contributed by atoms with Gasteiger partial charge < -0.3 is 10.1 Å². The van der Waals surface area contributed by atoms with E-state index in [1.54, 1.807) is 6.07 Å². The summed E-state index contributed by atoms with van der Waals surface area (Å²) in [6.07, 6.45) is 0.802. The van der Waals surface area contributed by atoms with E-state index in [1.165, 1.54) is 0 Å². The van der Waals surface area contributed by atoms with E-state index >= 15 is 0 Å². The number of rotatable bonds is 5. The van der Waals surface area contributed by atoms with E-state index in [0.717, 1.165) is 17.7 Å². The molecule has 0 radical (unpaired) electrons. The standard InChI is InChI=1S/C12H18N4O3/c1-4-5-13-12(18)14-10(17)7-19-11-6-8(2)9(3)15-16-11/h6H,4-5,7H2,1-3H3,(H2,13,14,17,18). The van der Waals surface area contributed by atoms with Crippen LogP contribution in [0.4, 0.5) is 4.79 Å². The summed E-state index contributed by atoms with van der Waals surface area (Å²) in [4.78, 5) is 22.6. The van der Waals surface area contributed by atoms with Crippen molar-refractivity contribution < 1.29 is 14.3 Å². The lowest BCUT2D eigenvalue weighted by atomic mass is 10.2. The molecule has 0 aliphatic carbocycles. The molecular weight excluding hydrogens is 248 g/mol. The molecule has 0 spiro atoms. The van der Waals surface area contributed by atoms with E-state index in [1.807, 2.05) is 20.8 Å². The van der Waals surface area contributed by atoms with Gasteiger partial charge >= 0.3 is 6.03 Å². The van der Waals surface area contributed by atoms with Gasteiger partial charge in [-0.3, -0.25) is 10.1 Å². The molecule has 104 valence electrons. The maximum atomic E-state index is 11.4. The van der Waals surface area contributed by atoms with E-state index in [9.17, 15) is 9.59 Å². The van der Waals surface area contributed by atoms with Crippen LogP contribution in [0.3, 0.4) is 0 Å². The SMILES string of the molecule is CCCNC(=O)NC(=O)COc1cc(C)c(C)nn1. The van der Waals surface area contributed by atoms with Crippen molar-refractivity contribution in [1.29, 1.82) is 0 Å². The molecule has 1 heterocycles. The molecule has 0 atom stereocenters. The maximum absolute atomic E-state index is 11.4. The van der Waals surface area contributed by atoms with Gasteiger partial charge in [0, 0.05) is 12.6 Å². The fraction of sp³-hybridized carbons (Fsp3) is 0.500. The second kappa shape index (κ2) is 7.30. The number of aromatic nitrogens is 2. The summed E-state index contributed by atoms with van der Waals surface area (Å²) in [6.45, 7) is 5.86. The first-order valence-electron chi connectivity index (χ1n) is 6.04. The van der Waals surface area contributed by atoms with E-state index in [2.05, 4.69) is 20.8 Å². The highest BCUT2D eigenvalue weighted by molar-refractivity contribution is 5.94. The number of urea groups is 1. The van der Waals surface area contributed by atoms with Gasteiger partial charge in [0.2, 0.25) is 5.88 Å². The van der Waals surface area contributed by atoms with Crippen LogP contribution >= 0.6 is 0 Å². The highest BCUT2D eigenvalue weighted by Crippen LogP contribution is 2.09. The molecule has 2 N–H and O–H groups in total. The van der Waals surface area contributed by atoms with Crippen molar-refractivity contribution in [2.75, 3.05) is 13.2 Å². The predicted molar refractivity (Wildman–Crippen MR) is 68.8 cm³/mol. The molecule has 7 nitrogen and oxygen atoms in total. The lowest BCUT2D eigenvalue weighted by Gasteiger charge is -2.07. The number of carbonyl (C=O) groups is 2. The minimum absolute atomic E-state index is 0.257. The quantitative estimate of drug-likeness (QED) is 0.818. The fourth-order valence-corrected chi connectivity index (χ4v) is 1.18. The van der Waals surface area contributed by atoms with Crippen molar-refractivity contribution in [1.82, 2.24) is 20.8 Å². The highest BCUT2D eigenvalue weighted by Gasteiger charge is 2.08. The molecule has 19 heavy (non-hydrogen) atoms. The number of imide groups is 1. The molecule has 0 aromatic carbocycles. The van der Waals surface area contributed by atoms with Crippen molar-refractivity contribution in [2.45, 2.75) is 27.2 Å². The van der Waals surface area contributed by atoms with E-state index in [0.29, 0.717) is 6.54 Å². The lowest BCUT2D eigenvalue weighted by molar-refractivity contribution is -0.122. The monoisotopic (exact) mass is 266 g/mol. The highest BCUT2D eigenvalue weighted by atomic mass is 16.5. The summed E-state index contributed by atoms with van der Waals surface area (Å²) in [7, 11) is 0. The molecule has 7 heteroatoms. The number of carbonyl (C=O) groups excluding carboxylic acids is 2. The first-order valence-corrected chi connectivity index (χ1v) is 6.04. The minimum Gasteiger partial charge on any atom is -0.466 e. The van der Waals surface area contributed by atoms with Gasteiger partial charge in [-0.1, -0.05) is 6.92 Å².